The molecule has 0 saturated heterocycles. The second kappa shape index (κ2) is 11.2. The highest BCUT2D eigenvalue weighted by molar-refractivity contribution is 14.0. The number of hydrogen-bond donors (Lipinski definition) is 2. The van der Waals surface area contributed by atoms with Crippen molar-refractivity contribution in [3.63, 3.8) is 0 Å². The lowest BCUT2D eigenvalue weighted by Crippen LogP contribution is -2.46. The average molecular weight is 477 g/mol. The van der Waals surface area contributed by atoms with Crippen LogP contribution < -0.4 is 10.6 Å². The van der Waals surface area contributed by atoms with E-state index in [2.05, 4.69) is 47.7 Å². The van der Waals surface area contributed by atoms with Crippen LogP contribution in [0.5, 0.6) is 0 Å². The van der Waals surface area contributed by atoms with Crippen LogP contribution in [-0.4, -0.2) is 34.3 Å². The molecule has 4 nitrogen and oxygen atoms in total. The van der Waals surface area contributed by atoms with Gasteiger partial charge in [-0.1, -0.05) is 37.1 Å². The van der Waals surface area contributed by atoms with Crippen LogP contribution in [-0.2, 0) is 17.3 Å². The van der Waals surface area contributed by atoms with Crippen LogP contribution >= 0.6 is 24.0 Å². The van der Waals surface area contributed by atoms with Crippen molar-refractivity contribution < 1.29 is 4.21 Å². The summed E-state index contributed by atoms with van der Waals surface area (Å²) in [5.74, 6) is 1.60. The summed E-state index contributed by atoms with van der Waals surface area (Å²) in [5, 5.41) is 7.27. The van der Waals surface area contributed by atoms with E-state index in [-0.39, 0.29) is 24.0 Å². The molecule has 0 bridgehead atoms. The fourth-order valence-electron chi connectivity index (χ4n) is 3.36. The third kappa shape index (κ3) is 6.89. The molecule has 142 valence electrons. The van der Waals surface area contributed by atoms with Crippen LogP contribution in [0.1, 0.15) is 49.3 Å². The molecule has 2 N–H and O–H groups in total. The number of aliphatic imine (C=N–C) groups is 1. The number of benzene rings is 1. The van der Waals surface area contributed by atoms with Crippen LogP contribution in [0.4, 0.5) is 0 Å². The van der Waals surface area contributed by atoms with Crippen molar-refractivity contribution in [2.45, 2.75) is 64.3 Å². The number of rotatable bonds is 5. The third-order valence-electron chi connectivity index (χ3n) is 4.79. The third-order valence-corrected chi connectivity index (χ3v) is 6.53. The molecule has 0 radical (unpaired) electrons. The van der Waals surface area contributed by atoms with Gasteiger partial charge in [0.15, 0.2) is 5.96 Å². The van der Waals surface area contributed by atoms with Gasteiger partial charge in [0.05, 0.1) is 0 Å². The van der Waals surface area contributed by atoms with E-state index in [1.54, 1.807) is 0 Å². The lowest BCUT2D eigenvalue weighted by atomic mass is 9.95. The van der Waals surface area contributed by atoms with Crippen molar-refractivity contribution in [3.05, 3.63) is 34.9 Å². The Balaban J connectivity index is 0.00000312. The maximum Gasteiger partial charge on any atom is 0.191 e. The molecule has 1 saturated carbocycles. The molecule has 1 fully saturated rings. The highest BCUT2D eigenvalue weighted by Crippen LogP contribution is 2.23. The van der Waals surface area contributed by atoms with E-state index in [1.165, 1.54) is 16.7 Å². The SMILES string of the molecule is CCS(=O)C1CCCC(NC(=NC)NCc2ccc(C)cc2C)C1.I. The Bertz CT molecular complexity index is 606. The number of nitrogens with zero attached hydrogens (tertiary/aromatic N) is 1. The van der Waals surface area contributed by atoms with Gasteiger partial charge in [0.2, 0.25) is 0 Å². The monoisotopic (exact) mass is 477 g/mol. The summed E-state index contributed by atoms with van der Waals surface area (Å²) in [6, 6.07) is 6.89. The van der Waals surface area contributed by atoms with Gasteiger partial charge in [-0.3, -0.25) is 9.20 Å². The van der Waals surface area contributed by atoms with E-state index in [9.17, 15) is 4.21 Å². The molecule has 6 heteroatoms. The van der Waals surface area contributed by atoms with Gasteiger partial charge in [0.1, 0.15) is 0 Å². The molecule has 2 rings (SSSR count). The zero-order valence-electron chi connectivity index (χ0n) is 15.8. The standard InChI is InChI=1S/C19H31N3OS.HI/c1-5-24(23)18-8-6-7-17(12-18)22-19(20-4)21-13-16-10-9-14(2)11-15(16)3;/h9-11,17-18H,5-8,12-13H2,1-4H3,(H2,20,21,22);1H. The van der Waals surface area contributed by atoms with E-state index in [4.69, 9.17) is 0 Å². The minimum absolute atomic E-state index is 0. The van der Waals surface area contributed by atoms with Crippen LogP contribution in [0.25, 0.3) is 0 Å². The van der Waals surface area contributed by atoms with Crippen molar-refractivity contribution in [3.8, 4) is 0 Å². The van der Waals surface area contributed by atoms with Crippen molar-refractivity contribution in [1.82, 2.24) is 10.6 Å². The van der Waals surface area contributed by atoms with Crippen LogP contribution in [0.15, 0.2) is 23.2 Å². The van der Waals surface area contributed by atoms with Crippen LogP contribution in [0, 0.1) is 13.8 Å². The second-order valence-corrected chi connectivity index (χ2v) is 8.66. The lowest BCUT2D eigenvalue weighted by Gasteiger charge is -2.30. The molecule has 3 atom stereocenters. The van der Waals surface area contributed by atoms with Gasteiger partial charge in [-0.05, 0) is 44.2 Å². The number of guanidine groups is 1. The number of nitrogens with one attached hydrogen (secondary N) is 2. The molecule has 1 aliphatic carbocycles. The Morgan fingerprint density at radius 2 is 2.08 bits per heavy atom. The highest BCUT2D eigenvalue weighted by atomic mass is 127. The second-order valence-electron chi connectivity index (χ2n) is 6.65. The van der Waals surface area contributed by atoms with Gasteiger partial charge in [0, 0.05) is 41.4 Å². The summed E-state index contributed by atoms with van der Waals surface area (Å²) in [5.41, 5.74) is 3.88. The normalized spacial score (nSPS) is 22.0. The molecule has 0 heterocycles. The van der Waals surface area contributed by atoms with E-state index in [1.807, 2.05) is 14.0 Å². The molecule has 0 spiro atoms. The van der Waals surface area contributed by atoms with E-state index in [0.29, 0.717) is 11.3 Å². The first kappa shape index (κ1) is 22.4. The Kier molecular flexibility index (Phi) is 10.0. The zero-order valence-corrected chi connectivity index (χ0v) is 18.9. The van der Waals surface area contributed by atoms with Gasteiger partial charge < -0.3 is 10.6 Å². The minimum Gasteiger partial charge on any atom is -0.354 e. The largest absolute Gasteiger partial charge is 0.354 e. The van der Waals surface area contributed by atoms with E-state index < -0.39 is 10.8 Å². The predicted molar refractivity (Wildman–Crippen MR) is 119 cm³/mol. The maximum absolute atomic E-state index is 12.1. The van der Waals surface area contributed by atoms with Crippen molar-refractivity contribution in [2.75, 3.05) is 12.8 Å². The Morgan fingerprint density at radius 1 is 1.32 bits per heavy atom. The molecule has 1 aromatic rings. The van der Waals surface area contributed by atoms with Crippen molar-refractivity contribution in [1.29, 1.82) is 0 Å². The molecule has 1 aromatic carbocycles. The van der Waals surface area contributed by atoms with Gasteiger partial charge >= 0.3 is 0 Å². The quantitative estimate of drug-likeness (QED) is 0.387. The Labute approximate surface area is 172 Å². The van der Waals surface area contributed by atoms with E-state index >= 15 is 0 Å². The number of halogens is 1. The van der Waals surface area contributed by atoms with Gasteiger partial charge in [-0.25, -0.2) is 0 Å². The van der Waals surface area contributed by atoms with Gasteiger partial charge in [-0.2, -0.15) is 0 Å². The van der Waals surface area contributed by atoms with E-state index in [0.717, 1.165) is 43.9 Å². The first-order valence-electron chi connectivity index (χ1n) is 8.94. The molecule has 0 amide bonds. The Hall–Kier alpha value is -0.630. The summed E-state index contributed by atoms with van der Waals surface area (Å²) >= 11 is 0. The molecule has 0 aliphatic heterocycles. The summed E-state index contributed by atoms with van der Waals surface area (Å²) in [6.07, 6.45) is 4.34. The average Bonchev–Trinajstić information content (AvgIpc) is 2.59. The zero-order chi connectivity index (χ0) is 17.5. The maximum atomic E-state index is 12.1. The lowest BCUT2D eigenvalue weighted by molar-refractivity contribution is 0.413. The number of hydrogen-bond acceptors (Lipinski definition) is 2. The predicted octanol–water partition coefficient (Wildman–Crippen LogP) is 3.67. The summed E-state index contributed by atoms with van der Waals surface area (Å²) in [4.78, 5) is 4.35. The van der Waals surface area contributed by atoms with Crippen LogP contribution in [0.2, 0.25) is 0 Å². The molecule has 25 heavy (non-hydrogen) atoms. The van der Waals surface area contributed by atoms with Crippen molar-refractivity contribution in [2.24, 2.45) is 4.99 Å². The first-order chi connectivity index (χ1) is 11.5. The summed E-state index contributed by atoms with van der Waals surface area (Å²) < 4.78 is 12.1. The fraction of sp³-hybridized carbons (Fsp3) is 0.632. The minimum atomic E-state index is -0.690. The van der Waals surface area contributed by atoms with Crippen LogP contribution in [0.3, 0.4) is 0 Å². The van der Waals surface area contributed by atoms with Gasteiger partial charge in [-0.15, -0.1) is 24.0 Å². The smallest absolute Gasteiger partial charge is 0.191 e. The first-order valence-corrected chi connectivity index (χ1v) is 10.3. The molecule has 3 unspecified atom stereocenters. The summed E-state index contributed by atoms with van der Waals surface area (Å²) in [6.45, 7) is 7.04. The highest BCUT2D eigenvalue weighted by Gasteiger charge is 2.25. The Morgan fingerprint density at radius 3 is 2.72 bits per heavy atom. The molecule has 1 aliphatic rings. The molecular weight excluding hydrogens is 445 g/mol. The molecule has 0 aromatic heterocycles. The fourth-order valence-corrected chi connectivity index (χ4v) is 4.71. The van der Waals surface area contributed by atoms with Gasteiger partial charge in [0.25, 0.3) is 0 Å². The van der Waals surface area contributed by atoms with Crippen molar-refractivity contribution >= 4 is 40.7 Å². The number of aryl methyl sites for hydroxylation is 2. The molecular formula is C19H32IN3OS. The topological polar surface area (TPSA) is 53.5 Å². The summed E-state index contributed by atoms with van der Waals surface area (Å²) in [7, 11) is 1.12.